The minimum Gasteiger partial charge on any atom is -0.482 e. The van der Waals surface area contributed by atoms with Gasteiger partial charge >= 0.3 is 0 Å². The number of amides is 1. The highest BCUT2D eigenvalue weighted by Gasteiger charge is 2.34. The van der Waals surface area contributed by atoms with E-state index in [4.69, 9.17) is 9.47 Å². The summed E-state index contributed by atoms with van der Waals surface area (Å²) in [7, 11) is 0. The lowest BCUT2D eigenvalue weighted by Gasteiger charge is -2.31. The Hall–Kier alpha value is -2.64. The summed E-state index contributed by atoms with van der Waals surface area (Å²) in [5, 5.41) is 16.3. The van der Waals surface area contributed by atoms with Gasteiger partial charge in [0, 0.05) is 0 Å². The van der Waals surface area contributed by atoms with Crippen LogP contribution in [0.3, 0.4) is 0 Å². The molecule has 3 rings (SSSR count). The smallest absolute Gasteiger partial charge is 0.265 e. The Morgan fingerprint density at radius 1 is 1.33 bits per heavy atom. The molecule has 2 N–H and O–H groups in total. The Bertz CT molecular complexity index is 630. The van der Waals surface area contributed by atoms with Gasteiger partial charge in [0.1, 0.15) is 6.10 Å². The lowest BCUT2D eigenvalue weighted by molar-refractivity contribution is -0.134. The van der Waals surface area contributed by atoms with Gasteiger partial charge in [0.2, 0.25) is 6.10 Å². The SMILES string of the molecule is CC(NC(=O)C1Oc2ccccc2OC1C)c1nn[nH]n1. The number of carbonyl (C=O) groups is 1. The monoisotopic (exact) mass is 289 g/mol. The maximum absolute atomic E-state index is 12.3. The Labute approximate surface area is 120 Å². The van der Waals surface area contributed by atoms with Crippen LogP contribution in [0.25, 0.3) is 0 Å². The van der Waals surface area contributed by atoms with Gasteiger partial charge in [-0.25, -0.2) is 0 Å². The van der Waals surface area contributed by atoms with Crippen molar-refractivity contribution in [3.05, 3.63) is 30.1 Å². The van der Waals surface area contributed by atoms with Crippen LogP contribution in [0.2, 0.25) is 0 Å². The van der Waals surface area contributed by atoms with Crippen LogP contribution in [0.4, 0.5) is 0 Å². The van der Waals surface area contributed by atoms with E-state index in [2.05, 4.69) is 25.9 Å². The zero-order chi connectivity index (χ0) is 14.8. The van der Waals surface area contributed by atoms with Crippen molar-refractivity contribution in [2.45, 2.75) is 32.1 Å². The number of fused-ring (bicyclic) bond motifs is 1. The molecule has 3 atom stereocenters. The molecule has 8 heteroatoms. The van der Waals surface area contributed by atoms with E-state index >= 15 is 0 Å². The minimum absolute atomic E-state index is 0.283. The molecule has 0 saturated carbocycles. The van der Waals surface area contributed by atoms with E-state index < -0.39 is 12.2 Å². The third kappa shape index (κ3) is 2.64. The van der Waals surface area contributed by atoms with Crippen LogP contribution in [0.5, 0.6) is 11.5 Å². The number of rotatable bonds is 3. The second-order valence-electron chi connectivity index (χ2n) is 4.81. The van der Waals surface area contributed by atoms with E-state index in [1.807, 2.05) is 18.2 Å². The average Bonchev–Trinajstić information content (AvgIpc) is 3.00. The molecule has 0 aliphatic carbocycles. The van der Waals surface area contributed by atoms with Gasteiger partial charge in [-0.05, 0) is 26.0 Å². The number of aromatic nitrogens is 4. The van der Waals surface area contributed by atoms with Gasteiger partial charge in [0.05, 0.1) is 6.04 Å². The van der Waals surface area contributed by atoms with Crippen LogP contribution < -0.4 is 14.8 Å². The summed E-state index contributed by atoms with van der Waals surface area (Å²) in [5.74, 6) is 1.32. The Balaban J connectivity index is 1.70. The van der Waals surface area contributed by atoms with Crippen molar-refractivity contribution < 1.29 is 14.3 Å². The molecule has 1 amide bonds. The summed E-state index contributed by atoms with van der Waals surface area (Å²) >= 11 is 0. The quantitative estimate of drug-likeness (QED) is 0.858. The third-order valence-electron chi connectivity index (χ3n) is 3.21. The van der Waals surface area contributed by atoms with E-state index in [0.29, 0.717) is 17.3 Å². The summed E-state index contributed by atoms with van der Waals surface area (Å²) < 4.78 is 11.4. The Kier molecular flexibility index (Phi) is 3.43. The lowest BCUT2D eigenvalue weighted by Crippen LogP contribution is -2.49. The molecule has 2 heterocycles. The summed E-state index contributed by atoms with van der Waals surface area (Å²) in [5.41, 5.74) is 0. The van der Waals surface area contributed by atoms with Gasteiger partial charge in [-0.2, -0.15) is 5.21 Å². The highest BCUT2D eigenvalue weighted by Crippen LogP contribution is 2.33. The van der Waals surface area contributed by atoms with E-state index in [0.717, 1.165) is 0 Å². The molecule has 3 unspecified atom stereocenters. The molecule has 1 aliphatic heterocycles. The summed E-state index contributed by atoms with van der Waals surface area (Å²) in [6, 6.07) is 6.89. The number of hydrogen-bond acceptors (Lipinski definition) is 6. The normalized spacial score (nSPS) is 21.6. The van der Waals surface area contributed by atoms with Gasteiger partial charge in [0.15, 0.2) is 17.3 Å². The Morgan fingerprint density at radius 2 is 2.05 bits per heavy atom. The fourth-order valence-corrected chi connectivity index (χ4v) is 2.12. The topological polar surface area (TPSA) is 102 Å². The van der Waals surface area contributed by atoms with E-state index in [1.165, 1.54) is 0 Å². The predicted octanol–water partition coefficient (Wildman–Crippen LogP) is 0.605. The van der Waals surface area contributed by atoms with Crippen molar-refractivity contribution in [1.29, 1.82) is 0 Å². The number of hydrogen-bond donors (Lipinski definition) is 2. The number of ether oxygens (including phenoxy) is 2. The van der Waals surface area contributed by atoms with Gasteiger partial charge in [0.25, 0.3) is 5.91 Å². The molecular weight excluding hydrogens is 274 g/mol. The number of H-pyrrole nitrogens is 1. The number of nitrogens with one attached hydrogen (secondary N) is 2. The molecule has 1 aromatic heterocycles. The number of nitrogens with zero attached hydrogens (tertiary/aromatic N) is 3. The molecule has 21 heavy (non-hydrogen) atoms. The fraction of sp³-hybridized carbons (Fsp3) is 0.385. The maximum Gasteiger partial charge on any atom is 0.265 e. The first kappa shape index (κ1) is 13.3. The summed E-state index contributed by atoms with van der Waals surface area (Å²) in [6.07, 6.45) is -1.12. The van der Waals surface area contributed by atoms with Gasteiger partial charge in [-0.1, -0.05) is 17.3 Å². The first-order chi connectivity index (χ1) is 10.1. The molecule has 0 saturated heterocycles. The first-order valence-electron chi connectivity index (χ1n) is 6.61. The number of tetrazole rings is 1. The number of carbonyl (C=O) groups excluding carboxylic acids is 1. The maximum atomic E-state index is 12.3. The van der Waals surface area contributed by atoms with Crippen LogP contribution in [0, 0.1) is 0 Å². The molecule has 110 valence electrons. The first-order valence-corrected chi connectivity index (χ1v) is 6.61. The molecule has 1 aliphatic rings. The van der Waals surface area contributed by atoms with Crippen molar-refractivity contribution >= 4 is 5.91 Å². The second-order valence-corrected chi connectivity index (χ2v) is 4.81. The van der Waals surface area contributed by atoms with E-state index in [1.54, 1.807) is 19.9 Å². The van der Waals surface area contributed by atoms with Crippen LogP contribution in [0.15, 0.2) is 24.3 Å². The average molecular weight is 289 g/mol. The number of aromatic amines is 1. The van der Waals surface area contributed by atoms with Crippen LogP contribution >= 0.6 is 0 Å². The van der Waals surface area contributed by atoms with Crippen molar-refractivity contribution in [2.24, 2.45) is 0 Å². The number of para-hydroxylation sites is 2. The fourth-order valence-electron chi connectivity index (χ4n) is 2.12. The van der Waals surface area contributed by atoms with E-state index in [-0.39, 0.29) is 11.9 Å². The largest absolute Gasteiger partial charge is 0.482 e. The van der Waals surface area contributed by atoms with Gasteiger partial charge < -0.3 is 14.8 Å². The summed E-state index contributed by atoms with van der Waals surface area (Å²) in [4.78, 5) is 12.3. The van der Waals surface area contributed by atoms with Gasteiger partial charge in [-0.15, -0.1) is 10.2 Å². The Morgan fingerprint density at radius 3 is 2.71 bits per heavy atom. The highest BCUT2D eigenvalue weighted by molar-refractivity contribution is 5.82. The van der Waals surface area contributed by atoms with Crippen molar-refractivity contribution in [2.75, 3.05) is 0 Å². The molecule has 0 radical (unpaired) electrons. The number of benzene rings is 1. The second kappa shape index (κ2) is 5.39. The molecule has 0 bridgehead atoms. The zero-order valence-electron chi connectivity index (χ0n) is 11.6. The molecule has 0 fully saturated rings. The minimum atomic E-state index is -0.728. The highest BCUT2D eigenvalue weighted by atomic mass is 16.6. The van der Waals surface area contributed by atoms with Crippen molar-refractivity contribution in [3.8, 4) is 11.5 Å². The molecular formula is C13H15N5O3. The zero-order valence-corrected chi connectivity index (χ0v) is 11.6. The summed E-state index contributed by atoms with van der Waals surface area (Å²) in [6.45, 7) is 3.56. The molecule has 1 aromatic carbocycles. The van der Waals surface area contributed by atoms with Crippen LogP contribution in [-0.2, 0) is 4.79 Å². The molecule has 8 nitrogen and oxygen atoms in total. The lowest BCUT2D eigenvalue weighted by atomic mass is 10.1. The van der Waals surface area contributed by atoms with Gasteiger partial charge in [-0.3, -0.25) is 4.79 Å². The predicted molar refractivity (Wildman–Crippen MR) is 71.7 cm³/mol. The standard InChI is InChI=1S/C13H15N5O3/c1-7(12-15-17-18-16-12)14-13(19)11-8(2)20-9-5-3-4-6-10(9)21-11/h3-8,11H,1-2H3,(H,14,19)(H,15,16,17,18). The van der Waals surface area contributed by atoms with Crippen molar-refractivity contribution in [3.63, 3.8) is 0 Å². The third-order valence-corrected chi connectivity index (χ3v) is 3.21. The van der Waals surface area contributed by atoms with Crippen LogP contribution in [-0.4, -0.2) is 38.7 Å². The van der Waals surface area contributed by atoms with Crippen LogP contribution in [0.1, 0.15) is 25.7 Å². The van der Waals surface area contributed by atoms with E-state index in [9.17, 15) is 4.79 Å². The van der Waals surface area contributed by atoms with Crippen molar-refractivity contribution in [1.82, 2.24) is 25.9 Å². The molecule has 2 aromatic rings. The molecule has 0 spiro atoms.